The number of unbranched alkanes of at least 4 members (excludes halogenated alkanes) is 4. The fourth-order valence-corrected chi connectivity index (χ4v) is 9.26. The fourth-order valence-electron chi connectivity index (χ4n) is 5.73. The van der Waals surface area contributed by atoms with Crippen LogP contribution in [0, 0.1) is 35.3 Å². The molecule has 1 saturated carbocycles. The van der Waals surface area contributed by atoms with Gasteiger partial charge in [0.1, 0.15) is 17.2 Å². The molecule has 0 radical (unpaired) electrons. The van der Waals surface area contributed by atoms with Crippen molar-refractivity contribution < 1.29 is 22.0 Å². The first kappa shape index (κ1) is 28.0. The lowest BCUT2D eigenvalue weighted by Gasteiger charge is -2.26. The molecule has 2 fully saturated rings. The van der Waals surface area contributed by atoms with E-state index in [-0.39, 0.29) is 11.8 Å². The highest BCUT2D eigenvalue weighted by atomic mass is 28.3. The van der Waals surface area contributed by atoms with Crippen molar-refractivity contribution in [3.63, 3.8) is 0 Å². The highest BCUT2D eigenvalue weighted by Crippen LogP contribution is 2.39. The number of alkyl halides is 3. The van der Waals surface area contributed by atoms with Gasteiger partial charge in [-0.3, -0.25) is 0 Å². The van der Waals surface area contributed by atoms with Crippen molar-refractivity contribution in [1.82, 2.24) is 0 Å². The molecule has 0 amide bonds. The summed E-state index contributed by atoms with van der Waals surface area (Å²) in [6.07, 6.45) is 11.8. The number of hydrogen-bond acceptors (Lipinski definition) is 0. The summed E-state index contributed by atoms with van der Waals surface area (Å²) in [4.78, 5) is 0. The Morgan fingerprint density at radius 1 is 0.914 bits per heavy atom. The molecule has 1 aromatic carbocycles. The van der Waals surface area contributed by atoms with Crippen LogP contribution >= 0.6 is 0 Å². The van der Waals surface area contributed by atoms with E-state index >= 15 is 0 Å². The summed E-state index contributed by atoms with van der Waals surface area (Å²) in [5, 5.41) is 0. The smallest absolute Gasteiger partial charge is 0.206 e. The van der Waals surface area contributed by atoms with Crippen molar-refractivity contribution in [3.8, 4) is 11.8 Å². The molecule has 0 atom stereocenters. The van der Waals surface area contributed by atoms with Crippen LogP contribution in [0.1, 0.15) is 94.6 Å². The summed E-state index contributed by atoms with van der Waals surface area (Å²) in [5.74, 6) is 4.23. The van der Waals surface area contributed by atoms with Gasteiger partial charge in [-0.05, 0) is 74.1 Å². The van der Waals surface area contributed by atoms with Crippen LogP contribution in [0.2, 0.25) is 18.1 Å². The van der Waals surface area contributed by atoms with Gasteiger partial charge in [-0.2, -0.15) is 13.2 Å². The number of benzene rings is 1. The van der Waals surface area contributed by atoms with Gasteiger partial charge >= 0.3 is 6.18 Å². The van der Waals surface area contributed by atoms with Gasteiger partial charge in [-0.1, -0.05) is 75.1 Å². The summed E-state index contributed by atoms with van der Waals surface area (Å²) >= 11 is 0. The van der Waals surface area contributed by atoms with Crippen LogP contribution in [0.15, 0.2) is 24.3 Å². The number of halogens is 5. The van der Waals surface area contributed by atoms with Crippen molar-refractivity contribution in [3.05, 3.63) is 47.0 Å². The SMILES string of the molecule is CCCCCCC[Si@H]1CC[C@H](C=CC#C[C@H]2CC[C@H](c3cc(F)c(C(F)(F)F)c(F)c3)CC2)CC1. The monoisotopic (exact) mass is 510 g/mol. The van der Waals surface area contributed by atoms with Crippen LogP contribution in [-0.4, -0.2) is 8.80 Å². The molecule has 3 rings (SSSR count). The largest absolute Gasteiger partial charge is 0.422 e. The van der Waals surface area contributed by atoms with E-state index in [2.05, 4.69) is 24.8 Å². The van der Waals surface area contributed by atoms with E-state index in [1.165, 1.54) is 63.1 Å². The Kier molecular flexibility index (Phi) is 10.9. The van der Waals surface area contributed by atoms with Crippen molar-refractivity contribution in [2.45, 2.75) is 108 Å². The molecule has 194 valence electrons. The average molecular weight is 511 g/mol. The van der Waals surface area contributed by atoms with Crippen molar-refractivity contribution >= 4 is 8.80 Å². The molecule has 6 heteroatoms. The van der Waals surface area contributed by atoms with E-state index in [1.54, 1.807) is 0 Å². The fraction of sp³-hybridized carbons (Fsp3) is 0.655. The van der Waals surface area contributed by atoms with Crippen LogP contribution in [-0.2, 0) is 6.18 Å². The molecule has 0 nitrogen and oxygen atoms in total. The minimum Gasteiger partial charge on any atom is -0.206 e. The van der Waals surface area contributed by atoms with E-state index in [1.807, 2.05) is 6.08 Å². The minimum absolute atomic E-state index is 0.124. The van der Waals surface area contributed by atoms with Crippen LogP contribution < -0.4 is 0 Å². The Morgan fingerprint density at radius 3 is 2.14 bits per heavy atom. The van der Waals surface area contributed by atoms with Crippen molar-refractivity contribution in [1.29, 1.82) is 0 Å². The molecule has 0 aromatic heterocycles. The lowest BCUT2D eigenvalue weighted by atomic mass is 9.78. The molecular weight excluding hydrogens is 471 g/mol. The van der Waals surface area contributed by atoms with Crippen LogP contribution in [0.3, 0.4) is 0 Å². The predicted molar refractivity (Wildman–Crippen MR) is 136 cm³/mol. The maximum absolute atomic E-state index is 13.9. The first-order chi connectivity index (χ1) is 16.8. The summed E-state index contributed by atoms with van der Waals surface area (Å²) < 4.78 is 66.2. The second kappa shape index (κ2) is 13.6. The highest BCUT2D eigenvalue weighted by Gasteiger charge is 2.38. The quantitative estimate of drug-likeness (QED) is 0.141. The molecule has 1 aliphatic carbocycles. The molecule has 0 spiro atoms. The Balaban J connectivity index is 1.39. The molecule has 0 unspecified atom stereocenters. The van der Waals surface area contributed by atoms with Gasteiger partial charge in [-0.15, -0.1) is 0 Å². The second-order valence-electron chi connectivity index (χ2n) is 10.5. The standard InChI is InChI=1S/C29H39F5Si/c1-2-3-4-5-8-17-35-18-15-23(16-19-35)10-7-6-9-22-11-13-24(14-12-22)25-20-26(30)28(27(31)21-25)29(32,33)34/h7,10,20-24,35H,2-5,8,11-19H2,1H3/t22-,23-,24-,35-. The number of rotatable bonds is 8. The van der Waals surface area contributed by atoms with E-state index in [9.17, 15) is 22.0 Å². The third-order valence-electron chi connectivity index (χ3n) is 7.89. The average Bonchev–Trinajstić information content (AvgIpc) is 2.81. The molecule has 1 aromatic rings. The van der Waals surface area contributed by atoms with Crippen molar-refractivity contribution in [2.24, 2.45) is 11.8 Å². The Bertz CT molecular complexity index is 856. The lowest BCUT2D eigenvalue weighted by molar-refractivity contribution is -0.142. The van der Waals surface area contributed by atoms with Crippen molar-refractivity contribution in [2.75, 3.05) is 0 Å². The molecule has 1 saturated heterocycles. The topological polar surface area (TPSA) is 0 Å². The third kappa shape index (κ3) is 8.77. The lowest BCUT2D eigenvalue weighted by Crippen LogP contribution is -2.20. The van der Waals surface area contributed by atoms with Gasteiger partial charge in [0.05, 0.1) is 0 Å². The van der Waals surface area contributed by atoms with Gasteiger partial charge in [0.25, 0.3) is 0 Å². The molecule has 1 aliphatic heterocycles. The van der Waals surface area contributed by atoms with Gasteiger partial charge in [-0.25, -0.2) is 8.78 Å². The summed E-state index contributed by atoms with van der Waals surface area (Å²) in [6.45, 7) is 2.26. The molecule has 35 heavy (non-hydrogen) atoms. The van der Waals surface area contributed by atoms with E-state index in [0.717, 1.165) is 25.0 Å². The second-order valence-corrected chi connectivity index (χ2v) is 14.0. The highest BCUT2D eigenvalue weighted by molar-refractivity contribution is 6.58. The Labute approximate surface area is 209 Å². The normalized spacial score (nSPS) is 25.4. The first-order valence-electron chi connectivity index (χ1n) is 13.5. The van der Waals surface area contributed by atoms with Crippen LogP contribution in [0.4, 0.5) is 22.0 Å². The molecule has 1 heterocycles. The van der Waals surface area contributed by atoms with Gasteiger partial charge < -0.3 is 0 Å². The summed E-state index contributed by atoms with van der Waals surface area (Å²) in [6, 6.07) is 6.16. The Hall–Kier alpha value is -1.61. The maximum atomic E-state index is 13.9. The predicted octanol–water partition coefficient (Wildman–Crippen LogP) is 9.42. The van der Waals surface area contributed by atoms with Crippen LogP contribution in [0.25, 0.3) is 0 Å². The number of hydrogen-bond donors (Lipinski definition) is 0. The summed E-state index contributed by atoms with van der Waals surface area (Å²) in [5.41, 5.74) is -1.48. The Morgan fingerprint density at radius 2 is 1.54 bits per heavy atom. The summed E-state index contributed by atoms with van der Waals surface area (Å²) in [7, 11) is -0.503. The van der Waals surface area contributed by atoms with Gasteiger partial charge in [0, 0.05) is 14.7 Å². The van der Waals surface area contributed by atoms with E-state index < -0.39 is 32.2 Å². The van der Waals surface area contributed by atoms with Gasteiger partial charge in [0.15, 0.2) is 0 Å². The van der Waals surface area contributed by atoms with E-state index in [0.29, 0.717) is 24.3 Å². The first-order valence-corrected chi connectivity index (χ1v) is 16.0. The molecule has 0 bridgehead atoms. The molecule has 2 aliphatic rings. The minimum atomic E-state index is -5.03. The number of allylic oxidation sites excluding steroid dienone is 2. The zero-order chi connectivity index (χ0) is 25.3. The zero-order valence-electron chi connectivity index (χ0n) is 20.9. The van der Waals surface area contributed by atoms with E-state index in [4.69, 9.17) is 0 Å². The molecular formula is C29H39F5Si. The third-order valence-corrected chi connectivity index (χ3v) is 11.4. The van der Waals surface area contributed by atoms with Gasteiger partial charge in [0.2, 0.25) is 0 Å². The maximum Gasteiger partial charge on any atom is 0.422 e. The molecule has 0 N–H and O–H groups in total. The zero-order valence-corrected chi connectivity index (χ0v) is 22.1. The van der Waals surface area contributed by atoms with Crippen LogP contribution in [0.5, 0.6) is 0 Å².